The van der Waals surface area contributed by atoms with Gasteiger partial charge in [0.1, 0.15) is 0 Å². The maximum atomic E-state index is 11.9. The highest BCUT2D eigenvalue weighted by Gasteiger charge is 2.20. The third-order valence-electron chi connectivity index (χ3n) is 3.96. The Morgan fingerprint density at radius 1 is 1.21 bits per heavy atom. The molecule has 0 radical (unpaired) electrons. The summed E-state index contributed by atoms with van der Waals surface area (Å²) >= 11 is 0. The van der Waals surface area contributed by atoms with Crippen molar-refractivity contribution in [3.05, 3.63) is 82.8 Å². The summed E-state index contributed by atoms with van der Waals surface area (Å²) in [7, 11) is 0. The summed E-state index contributed by atoms with van der Waals surface area (Å²) in [5.74, 6) is -0.578. The number of allylic oxidation sites excluding steroid dienone is 3. The van der Waals surface area contributed by atoms with Crippen molar-refractivity contribution in [2.45, 2.75) is 32.3 Å². The van der Waals surface area contributed by atoms with E-state index in [2.05, 4.69) is 0 Å². The van der Waals surface area contributed by atoms with Gasteiger partial charge in [-0.1, -0.05) is 49.4 Å². The van der Waals surface area contributed by atoms with Gasteiger partial charge in [-0.3, -0.25) is 4.79 Å². The molecular weight excluding hydrogens is 302 g/mol. The van der Waals surface area contributed by atoms with E-state index in [-0.39, 0.29) is 11.7 Å². The van der Waals surface area contributed by atoms with Crippen molar-refractivity contribution in [1.29, 1.82) is 0 Å². The standard InChI is InChI=1S/C20H23NO3/c1-3-4-5-9-12-18(22)15(2)17-13-19(23)20(24)14-21(17)16-10-7-6-8-11-16/h3-11,13-15,18,22,24H,12H2,1-2H3/b4-3-,9-5-. The van der Waals surface area contributed by atoms with Gasteiger partial charge in [-0.15, -0.1) is 0 Å². The van der Waals surface area contributed by atoms with Crippen molar-refractivity contribution in [3.8, 4) is 11.4 Å². The largest absolute Gasteiger partial charge is 0.503 e. The number of pyridine rings is 1. The topological polar surface area (TPSA) is 62.5 Å². The Balaban J connectivity index is 2.38. The maximum Gasteiger partial charge on any atom is 0.223 e. The monoisotopic (exact) mass is 325 g/mol. The highest BCUT2D eigenvalue weighted by atomic mass is 16.3. The lowest BCUT2D eigenvalue weighted by Gasteiger charge is -2.23. The molecule has 1 aromatic carbocycles. The van der Waals surface area contributed by atoms with Crippen LogP contribution in [0.15, 0.2) is 71.7 Å². The second-order valence-electron chi connectivity index (χ2n) is 5.70. The summed E-state index contributed by atoms with van der Waals surface area (Å²) in [5, 5.41) is 20.2. The first-order valence-electron chi connectivity index (χ1n) is 8.01. The smallest absolute Gasteiger partial charge is 0.223 e. The van der Waals surface area contributed by atoms with Crippen LogP contribution < -0.4 is 5.43 Å². The van der Waals surface area contributed by atoms with E-state index in [1.807, 2.05) is 68.5 Å². The summed E-state index contributed by atoms with van der Waals surface area (Å²) in [4.78, 5) is 11.9. The highest BCUT2D eigenvalue weighted by molar-refractivity contribution is 5.38. The molecule has 2 unspecified atom stereocenters. The Bertz CT molecular complexity index is 775. The minimum atomic E-state index is -0.634. The van der Waals surface area contributed by atoms with Gasteiger partial charge >= 0.3 is 0 Å². The molecule has 2 aromatic rings. The molecule has 126 valence electrons. The molecule has 4 heteroatoms. The molecule has 0 saturated heterocycles. The Morgan fingerprint density at radius 2 is 1.92 bits per heavy atom. The molecule has 2 rings (SSSR count). The highest BCUT2D eigenvalue weighted by Crippen LogP contribution is 2.25. The van der Waals surface area contributed by atoms with Gasteiger partial charge in [0.15, 0.2) is 5.75 Å². The van der Waals surface area contributed by atoms with E-state index >= 15 is 0 Å². The third kappa shape index (κ3) is 4.24. The first-order chi connectivity index (χ1) is 11.5. The van der Waals surface area contributed by atoms with Gasteiger partial charge in [0.05, 0.1) is 12.3 Å². The van der Waals surface area contributed by atoms with E-state index in [1.165, 1.54) is 12.3 Å². The van der Waals surface area contributed by atoms with Gasteiger partial charge in [0.2, 0.25) is 5.43 Å². The molecule has 0 spiro atoms. The van der Waals surface area contributed by atoms with Crippen LogP contribution in [0, 0.1) is 0 Å². The first kappa shape index (κ1) is 17.8. The average Bonchev–Trinajstić information content (AvgIpc) is 2.60. The van der Waals surface area contributed by atoms with Crippen LogP contribution in [0.25, 0.3) is 5.69 Å². The van der Waals surface area contributed by atoms with E-state index < -0.39 is 11.5 Å². The number of aromatic hydroxyl groups is 1. The second-order valence-corrected chi connectivity index (χ2v) is 5.70. The van der Waals surface area contributed by atoms with Crippen molar-refractivity contribution in [3.63, 3.8) is 0 Å². The molecule has 24 heavy (non-hydrogen) atoms. The van der Waals surface area contributed by atoms with Gasteiger partial charge in [0.25, 0.3) is 0 Å². The lowest BCUT2D eigenvalue weighted by molar-refractivity contribution is 0.150. The van der Waals surface area contributed by atoms with Gasteiger partial charge in [-0.2, -0.15) is 0 Å². The number of aliphatic hydroxyl groups is 1. The number of aliphatic hydroxyl groups excluding tert-OH is 1. The van der Waals surface area contributed by atoms with Crippen LogP contribution in [0.2, 0.25) is 0 Å². The van der Waals surface area contributed by atoms with Crippen LogP contribution in [-0.2, 0) is 0 Å². The number of para-hydroxylation sites is 1. The van der Waals surface area contributed by atoms with Crippen LogP contribution in [0.1, 0.15) is 31.9 Å². The lowest BCUT2D eigenvalue weighted by Crippen LogP contribution is -2.21. The minimum absolute atomic E-state index is 0.270. The third-order valence-corrected chi connectivity index (χ3v) is 3.96. The molecule has 0 bridgehead atoms. The van der Waals surface area contributed by atoms with Crippen molar-refractivity contribution in [1.82, 2.24) is 4.57 Å². The second kappa shape index (κ2) is 8.31. The van der Waals surface area contributed by atoms with Crippen molar-refractivity contribution in [2.75, 3.05) is 0 Å². The Kier molecular flexibility index (Phi) is 6.15. The van der Waals surface area contributed by atoms with E-state index in [0.29, 0.717) is 12.1 Å². The molecule has 0 saturated carbocycles. The van der Waals surface area contributed by atoms with E-state index in [9.17, 15) is 15.0 Å². The van der Waals surface area contributed by atoms with Gasteiger partial charge in [0, 0.05) is 23.4 Å². The molecule has 0 aliphatic carbocycles. The molecular formula is C20H23NO3. The molecule has 0 aliphatic rings. The van der Waals surface area contributed by atoms with Crippen LogP contribution >= 0.6 is 0 Å². The first-order valence-corrected chi connectivity index (χ1v) is 8.01. The summed E-state index contributed by atoms with van der Waals surface area (Å²) < 4.78 is 1.75. The van der Waals surface area contributed by atoms with Crippen LogP contribution in [0.4, 0.5) is 0 Å². The number of hydrogen-bond donors (Lipinski definition) is 2. The zero-order chi connectivity index (χ0) is 17.5. The van der Waals surface area contributed by atoms with Gasteiger partial charge < -0.3 is 14.8 Å². The average molecular weight is 325 g/mol. The quantitative estimate of drug-likeness (QED) is 0.799. The van der Waals surface area contributed by atoms with E-state index in [4.69, 9.17) is 0 Å². The fourth-order valence-corrected chi connectivity index (χ4v) is 2.51. The minimum Gasteiger partial charge on any atom is -0.503 e. The Morgan fingerprint density at radius 3 is 2.58 bits per heavy atom. The summed E-state index contributed by atoms with van der Waals surface area (Å²) in [6.07, 6.45) is 8.85. The lowest BCUT2D eigenvalue weighted by atomic mass is 9.96. The molecule has 2 atom stereocenters. The summed E-state index contributed by atoms with van der Waals surface area (Å²) in [5.41, 5.74) is 1.04. The fraction of sp³-hybridized carbons (Fsp3) is 0.250. The number of hydrogen-bond acceptors (Lipinski definition) is 3. The zero-order valence-electron chi connectivity index (χ0n) is 14.0. The van der Waals surface area contributed by atoms with Crippen molar-refractivity contribution < 1.29 is 10.2 Å². The van der Waals surface area contributed by atoms with Gasteiger partial charge in [-0.25, -0.2) is 0 Å². The molecule has 2 N–H and O–H groups in total. The number of aromatic nitrogens is 1. The molecule has 4 nitrogen and oxygen atoms in total. The molecule has 0 amide bonds. The number of nitrogens with zero attached hydrogens (tertiary/aromatic N) is 1. The Labute approximate surface area is 142 Å². The van der Waals surface area contributed by atoms with E-state index in [0.717, 1.165) is 5.69 Å². The van der Waals surface area contributed by atoms with Crippen LogP contribution in [0.5, 0.6) is 5.75 Å². The van der Waals surface area contributed by atoms with Crippen molar-refractivity contribution in [2.24, 2.45) is 0 Å². The molecule has 1 heterocycles. The maximum absolute atomic E-state index is 11.9. The number of benzene rings is 1. The van der Waals surface area contributed by atoms with Crippen molar-refractivity contribution >= 4 is 0 Å². The number of rotatable bonds is 6. The Hall–Kier alpha value is -2.59. The summed E-state index contributed by atoms with van der Waals surface area (Å²) in [6, 6.07) is 10.8. The van der Waals surface area contributed by atoms with Crippen LogP contribution in [0.3, 0.4) is 0 Å². The molecule has 1 aromatic heterocycles. The predicted octanol–water partition coefficient (Wildman–Crippen LogP) is 3.53. The fourth-order valence-electron chi connectivity index (χ4n) is 2.51. The SMILES string of the molecule is C/C=C\C=C/CC(O)C(C)c1cc(=O)c(O)cn1-c1ccccc1. The van der Waals surface area contributed by atoms with Gasteiger partial charge in [-0.05, 0) is 25.5 Å². The zero-order valence-corrected chi connectivity index (χ0v) is 14.0. The summed E-state index contributed by atoms with van der Waals surface area (Å²) in [6.45, 7) is 3.80. The normalized spacial score (nSPS) is 14.3. The molecule has 0 aliphatic heterocycles. The molecule has 0 fully saturated rings. The van der Waals surface area contributed by atoms with E-state index in [1.54, 1.807) is 4.57 Å². The van der Waals surface area contributed by atoms with Crippen LogP contribution in [-0.4, -0.2) is 20.9 Å². The predicted molar refractivity (Wildman–Crippen MR) is 96.7 cm³/mol.